The Morgan fingerprint density at radius 2 is 2.04 bits per heavy atom. The first-order valence-electron chi connectivity index (χ1n) is 7.22. The summed E-state index contributed by atoms with van der Waals surface area (Å²) < 4.78 is 0. The van der Waals surface area contributed by atoms with Crippen molar-refractivity contribution in [2.24, 2.45) is 0 Å². The van der Waals surface area contributed by atoms with Gasteiger partial charge in [0, 0.05) is 24.6 Å². The fourth-order valence-corrected chi connectivity index (χ4v) is 1.99. The Kier molecular flexibility index (Phi) is 7.27. The lowest BCUT2D eigenvalue weighted by molar-refractivity contribution is -0.139. The largest absolute Gasteiger partial charge is 0.480 e. The molecule has 0 heterocycles. The van der Waals surface area contributed by atoms with Gasteiger partial charge in [0.15, 0.2) is 0 Å². The van der Waals surface area contributed by atoms with Crippen molar-refractivity contribution in [2.75, 3.05) is 5.32 Å². The van der Waals surface area contributed by atoms with E-state index in [4.69, 9.17) is 10.4 Å². The van der Waals surface area contributed by atoms with E-state index in [-0.39, 0.29) is 17.9 Å². The average molecular weight is 317 g/mol. The maximum Gasteiger partial charge on any atom is 0.326 e. The molecule has 0 aromatic heterocycles. The predicted molar refractivity (Wildman–Crippen MR) is 83.7 cm³/mol. The predicted octanol–water partition coefficient (Wildman–Crippen LogP) is 1.91. The molecule has 1 rings (SSSR count). The molecule has 0 spiro atoms. The third kappa shape index (κ3) is 6.61. The van der Waals surface area contributed by atoms with E-state index in [1.165, 1.54) is 19.1 Å². The van der Waals surface area contributed by atoms with E-state index in [2.05, 4.69) is 10.6 Å². The smallest absolute Gasteiger partial charge is 0.326 e. The quantitative estimate of drug-likeness (QED) is 0.633. The van der Waals surface area contributed by atoms with Crippen molar-refractivity contribution in [1.29, 1.82) is 5.26 Å². The first kappa shape index (κ1) is 18.2. The van der Waals surface area contributed by atoms with Crippen LogP contribution in [0.2, 0.25) is 0 Å². The van der Waals surface area contributed by atoms with Gasteiger partial charge < -0.3 is 15.7 Å². The molecule has 0 bridgehead atoms. The van der Waals surface area contributed by atoms with Gasteiger partial charge in [0.1, 0.15) is 6.04 Å². The van der Waals surface area contributed by atoms with Gasteiger partial charge in [-0.25, -0.2) is 4.79 Å². The molecule has 0 aliphatic rings. The zero-order valence-corrected chi connectivity index (χ0v) is 12.8. The van der Waals surface area contributed by atoms with E-state index >= 15 is 0 Å². The van der Waals surface area contributed by atoms with Gasteiger partial charge >= 0.3 is 5.97 Å². The molecular formula is C16H19N3O4. The van der Waals surface area contributed by atoms with Crippen molar-refractivity contribution in [3.63, 3.8) is 0 Å². The second-order valence-electron chi connectivity index (χ2n) is 5.03. The Morgan fingerprint density at radius 1 is 1.30 bits per heavy atom. The Hall–Kier alpha value is -2.88. The molecule has 1 atom stereocenters. The standard InChI is InChI=1S/C16H19N3O4/c1-11(20)18-13-7-5-6-12(10-13)15(21)19-14(16(22)23)8-3-2-4-9-17/h5-7,10,14H,2-4,8H2,1H3,(H,18,20)(H,19,21)(H,22,23)/t14-/m0/s1. The minimum absolute atomic E-state index is 0.258. The molecule has 0 saturated carbocycles. The van der Waals surface area contributed by atoms with Crippen LogP contribution in [-0.4, -0.2) is 28.9 Å². The van der Waals surface area contributed by atoms with E-state index in [0.717, 1.165) is 0 Å². The minimum atomic E-state index is -1.12. The van der Waals surface area contributed by atoms with Gasteiger partial charge in [0.05, 0.1) is 6.07 Å². The van der Waals surface area contributed by atoms with Gasteiger partial charge in [-0.05, 0) is 37.5 Å². The summed E-state index contributed by atoms with van der Waals surface area (Å²) in [5, 5.41) is 22.6. The summed E-state index contributed by atoms with van der Waals surface area (Å²) in [7, 11) is 0. The summed E-state index contributed by atoms with van der Waals surface area (Å²) in [5.74, 6) is -1.90. The van der Waals surface area contributed by atoms with E-state index in [9.17, 15) is 14.4 Å². The molecule has 122 valence electrons. The number of hydrogen-bond acceptors (Lipinski definition) is 4. The second kappa shape index (κ2) is 9.20. The number of aliphatic carboxylic acids is 1. The molecule has 0 radical (unpaired) electrons. The van der Waals surface area contributed by atoms with Gasteiger partial charge in [-0.2, -0.15) is 5.26 Å². The molecule has 0 unspecified atom stereocenters. The zero-order valence-electron chi connectivity index (χ0n) is 12.8. The summed E-state index contributed by atoms with van der Waals surface area (Å²) >= 11 is 0. The number of carboxylic acid groups (broad SMARTS) is 1. The maximum absolute atomic E-state index is 12.1. The number of nitrogens with one attached hydrogen (secondary N) is 2. The van der Waals surface area contributed by atoms with Crippen LogP contribution >= 0.6 is 0 Å². The van der Waals surface area contributed by atoms with Crippen LogP contribution in [0.1, 0.15) is 43.0 Å². The van der Waals surface area contributed by atoms with Crippen molar-refractivity contribution >= 4 is 23.5 Å². The number of nitrogens with zero attached hydrogens (tertiary/aromatic N) is 1. The van der Waals surface area contributed by atoms with Gasteiger partial charge in [0.25, 0.3) is 5.91 Å². The summed E-state index contributed by atoms with van der Waals surface area (Å²) in [6.07, 6.45) is 1.75. The zero-order chi connectivity index (χ0) is 17.2. The van der Waals surface area contributed by atoms with Crippen LogP contribution in [0.5, 0.6) is 0 Å². The van der Waals surface area contributed by atoms with Crippen molar-refractivity contribution in [3.8, 4) is 6.07 Å². The lowest BCUT2D eigenvalue weighted by atomic mass is 10.1. The number of benzene rings is 1. The SMILES string of the molecule is CC(=O)Nc1cccc(C(=O)N[C@@H](CCCCC#N)C(=O)O)c1. The van der Waals surface area contributed by atoms with Crippen LogP contribution < -0.4 is 10.6 Å². The Labute approximate surface area is 134 Å². The molecular weight excluding hydrogens is 298 g/mol. The third-order valence-corrected chi connectivity index (χ3v) is 3.08. The monoisotopic (exact) mass is 317 g/mol. The summed E-state index contributed by atoms with van der Waals surface area (Å²) in [6, 6.07) is 7.23. The molecule has 23 heavy (non-hydrogen) atoms. The number of carbonyl (C=O) groups excluding carboxylic acids is 2. The van der Waals surface area contributed by atoms with E-state index in [1.54, 1.807) is 12.1 Å². The van der Waals surface area contributed by atoms with Crippen LogP contribution in [0.25, 0.3) is 0 Å². The van der Waals surface area contributed by atoms with Crippen molar-refractivity contribution in [2.45, 2.75) is 38.6 Å². The van der Waals surface area contributed by atoms with Crippen LogP contribution in [0, 0.1) is 11.3 Å². The number of carboxylic acids is 1. The lowest BCUT2D eigenvalue weighted by Gasteiger charge is -2.14. The molecule has 0 fully saturated rings. The highest BCUT2D eigenvalue weighted by molar-refractivity contribution is 5.98. The highest BCUT2D eigenvalue weighted by atomic mass is 16.4. The first-order chi connectivity index (χ1) is 10.9. The Bertz CT molecular complexity index is 622. The van der Waals surface area contributed by atoms with E-state index in [1.807, 2.05) is 6.07 Å². The van der Waals surface area contributed by atoms with Crippen LogP contribution in [0.15, 0.2) is 24.3 Å². The number of rotatable bonds is 8. The summed E-state index contributed by atoms with van der Waals surface area (Å²) in [5.41, 5.74) is 0.727. The molecule has 1 aromatic rings. The Balaban J connectivity index is 2.69. The van der Waals surface area contributed by atoms with Crippen LogP contribution in [-0.2, 0) is 9.59 Å². The number of nitriles is 1. The minimum Gasteiger partial charge on any atom is -0.480 e. The normalized spacial score (nSPS) is 11.1. The van der Waals surface area contributed by atoms with E-state index < -0.39 is 17.9 Å². The van der Waals surface area contributed by atoms with Crippen molar-refractivity contribution in [3.05, 3.63) is 29.8 Å². The molecule has 0 saturated heterocycles. The number of unbranched alkanes of at least 4 members (excludes halogenated alkanes) is 2. The number of amides is 2. The molecule has 3 N–H and O–H groups in total. The Morgan fingerprint density at radius 3 is 2.65 bits per heavy atom. The van der Waals surface area contributed by atoms with Crippen LogP contribution in [0.4, 0.5) is 5.69 Å². The van der Waals surface area contributed by atoms with Crippen molar-refractivity contribution in [1.82, 2.24) is 5.32 Å². The molecule has 1 aromatic carbocycles. The molecule has 0 aliphatic carbocycles. The lowest BCUT2D eigenvalue weighted by Crippen LogP contribution is -2.40. The average Bonchev–Trinajstić information content (AvgIpc) is 2.49. The van der Waals surface area contributed by atoms with Crippen molar-refractivity contribution < 1.29 is 19.5 Å². The highest BCUT2D eigenvalue weighted by Crippen LogP contribution is 2.11. The maximum atomic E-state index is 12.1. The summed E-state index contributed by atoms with van der Waals surface area (Å²) in [6.45, 7) is 1.36. The first-order valence-corrected chi connectivity index (χ1v) is 7.22. The fourth-order valence-electron chi connectivity index (χ4n) is 1.99. The summed E-state index contributed by atoms with van der Waals surface area (Å²) in [4.78, 5) is 34.4. The molecule has 7 nitrogen and oxygen atoms in total. The van der Waals surface area contributed by atoms with Gasteiger partial charge in [-0.15, -0.1) is 0 Å². The third-order valence-electron chi connectivity index (χ3n) is 3.08. The molecule has 7 heteroatoms. The molecule has 2 amide bonds. The number of hydrogen-bond donors (Lipinski definition) is 3. The second-order valence-corrected chi connectivity index (χ2v) is 5.03. The number of carbonyl (C=O) groups is 3. The van der Waals surface area contributed by atoms with Gasteiger partial charge in [-0.3, -0.25) is 9.59 Å². The van der Waals surface area contributed by atoms with Crippen LogP contribution in [0.3, 0.4) is 0 Å². The van der Waals surface area contributed by atoms with Gasteiger partial charge in [-0.1, -0.05) is 6.07 Å². The van der Waals surface area contributed by atoms with E-state index in [0.29, 0.717) is 24.9 Å². The van der Waals surface area contributed by atoms with Gasteiger partial charge in [0.2, 0.25) is 5.91 Å². The number of anilines is 1. The molecule has 0 aliphatic heterocycles. The topological polar surface area (TPSA) is 119 Å². The highest BCUT2D eigenvalue weighted by Gasteiger charge is 2.20. The fraction of sp³-hybridized carbons (Fsp3) is 0.375.